The highest BCUT2D eigenvalue weighted by Crippen LogP contribution is 2.56. The molecule has 4 nitrogen and oxygen atoms in total. The Balaban J connectivity index is 1.54. The van der Waals surface area contributed by atoms with E-state index in [1.165, 1.54) is 24.8 Å². The molecule has 1 aliphatic heterocycles. The Hall–Kier alpha value is -0.880. The predicted octanol–water partition coefficient (Wildman–Crippen LogP) is 3.28. The molecule has 124 valence electrons. The Bertz CT molecular complexity index is 631. The monoisotopic (exact) mass is 350 g/mol. The predicted molar refractivity (Wildman–Crippen MR) is 94.7 cm³/mol. The van der Waals surface area contributed by atoms with Crippen LogP contribution in [0.2, 0.25) is 4.34 Å². The van der Waals surface area contributed by atoms with Crippen molar-refractivity contribution < 1.29 is 0 Å². The summed E-state index contributed by atoms with van der Waals surface area (Å²) in [6, 6.07) is 2.83. The maximum Gasteiger partial charge on any atom is 0.122 e. The van der Waals surface area contributed by atoms with E-state index in [0.717, 1.165) is 36.3 Å². The van der Waals surface area contributed by atoms with Gasteiger partial charge in [0.1, 0.15) is 5.82 Å². The number of aromatic nitrogens is 2. The van der Waals surface area contributed by atoms with Gasteiger partial charge in [-0.25, -0.2) is 4.98 Å². The number of hydrogen-bond acceptors (Lipinski definition) is 4. The van der Waals surface area contributed by atoms with Gasteiger partial charge in [-0.2, -0.15) is 0 Å². The van der Waals surface area contributed by atoms with Crippen LogP contribution in [0.1, 0.15) is 30.7 Å². The zero-order chi connectivity index (χ0) is 15.9. The lowest BCUT2D eigenvalue weighted by atomic mass is 9.93. The molecule has 1 saturated heterocycles. The maximum absolute atomic E-state index is 6.36. The van der Waals surface area contributed by atoms with Crippen LogP contribution in [0, 0.1) is 5.41 Å². The van der Waals surface area contributed by atoms with Crippen LogP contribution in [0.3, 0.4) is 0 Å². The van der Waals surface area contributed by atoms with Gasteiger partial charge in [0, 0.05) is 32.0 Å². The van der Waals surface area contributed by atoms with Crippen molar-refractivity contribution in [2.24, 2.45) is 12.5 Å². The highest BCUT2D eigenvalue weighted by atomic mass is 35.5. The first-order valence-electron chi connectivity index (χ1n) is 8.31. The van der Waals surface area contributed by atoms with Crippen molar-refractivity contribution in [2.45, 2.75) is 38.4 Å². The zero-order valence-corrected chi connectivity index (χ0v) is 15.0. The summed E-state index contributed by atoms with van der Waals surface area (Å²) in [4.78, 5) is 7.13. The molecule has 1 saturated carbocycles. The molecule has 1 N–H and O–H groups in total. The minimum Gasteiger partial charge on any atom is -0.337 e. The van der Waals surface area contributed by atoms with E-state index in [4.69, 9.17) is 11.6 Å². The van der Waals surface area contributed by atoms with Gasteiger partial charge in [-0.15, -0.1) is 11.3 Å². The normalized spacial score (nSPS) is 22.8. The van der Waals surface area contributed by atoms with E-state index < -0.39 is 0 Å². The molecule has 6 heteroatoms. The van der Waals surface area contributed by atoms with Crippen molar-refractivity contribution >= 4 is 22.9 Å². The lowest BCUT2D eigenvalue weighted by Crippen LogP contribution is -2.36. The van der Waals surface area contributed by atoms with Crippen molar-refractivity contribution in [3.05, 3.63) is 39.6 Å². The molecule has 2 fully saturated rings. The second-order valence-electron chi connectivity index (χ2n) is 6.91. The first-order valence-corrected chi connectivity index (χ1v) is 9.57. The van der Waals surface area contributed by atoms with Crippen LogP contribution in [0.15, 0.2) is 23.8 Å². The lowest BCUT2D eigenvalue weighted by Gasteiger charge is -2.29. The molecule has 0 radical (unpaired) electrons. The summed E-state index contributed by atoms with van der Waals surface area (Å²) in [6.07, 6.45) is 7.83. The molecule has 3 heterocycles. The molecule has 2 aromatic rings. The van der Waals surface area contributed by atoms with Crippen LogP contribution in [0.5, 0.6) is 0 Å². The van der Waals surface area contributed by atoms with E-state index >= 15 is 0 Å². The second-order valence-corrected chi connectivity index (χ2v) is 8.43. The molecule has 1 spiro atoms. The van der Waals surface area contributed by atoms with E-state index in [-0.39, 0.29) is 0 Å². The molecule has 0 amide bonds. The van der Waals surface area contributed by atoms with Crippen LogP contribution in [-0.4, -0.2) is 33.6 Å². The highest BCUT2D eigenvalue weighted by molar-refractivity contribution is 7.14. The average Bonchev–Trinajstić information content (AvgIpc) is 2.86. The Morgan fingerprint density at radius 3 is 2.91 bits per heavy atom. The van der Waals surface area contributed by atoms with Crippen molar-refractivity contribution in [1.29, 1.82) is 0 Å². The van der Waals surface area contributed by atoms with Crippen LogP contribution < -0.4 is 5.32 Å². The second kappa shape index (κ2) is 6.20. The Morgan fingerprint density at radius 2 is 2.26 bits per heavy atom. The standard InChI is InChI=1S/C17H23ClN4S/c1-21-8-7-20-15(21)12-22(11-13-2-9-23-16(13)18)14-10-17(14)3-5-19-6-4-17/h2,7-9,14,19H,3-6,10-12H2,1H3. The number of rotatable bonds is 5. The number of halogens is 1. The molecule has 0 aromatic carbocycles. The summed E-state index contributed by atoms with van der Waals surface area (Å²) in [5.41, 5.74) is 1.78. The molecule has 1 atom stereocenters. The lowest BCUT2D eigenvalue weighted by molar-refractivity contribution is 0.183. The maximum atomic E-state index is 6.36. The van der Waals surface area contributed by atoms with Gasteiger partial charge >= 0.3 is 0 Å². The van der Waals surface area contributed by atoms with Crippen molar-refractivity contribution in [1.82, 2.24) is 19.8 Å². The average molecular weight is 351 g/mol. The third-order valence-electron chi connectivity index (χ3n) is 5.52. The third-order valence-corrected chi connectivity index (χ3v) is 6.77. The molecule has 1 unspecified atom stereocenters. The Morgan fingerprint density at radius 1 is 1.43 bits per heavy atom. The number of piperidine rings is 1. The summed E-state index contributed by atoms with van der Waals surface area (Å²) in [7, 11) is 2.07. The number of aryl methyl sites for hydroxylation is 1. The van der Waals surface area contributed by atoms with Crippen molar-refractivity contribution in [3.63, 3.8) is 0 Å². The van der Waals surface area contributed by atoms with Gasteiger partial charge in [0.25, 0.3) is 0 Å². The fourth-order valence-electron chi connectivity index (χ4n) is 3.96. The van der Waals surface area contributed by atoms with Crippen LogP contribution >= 0.6 is 22.9 Å². The number of nitrogens with one attached hydrogen (secondary N) is 1. The largest absolute Gasteiger partial charge is 0.337 e. The van der Waals surface area contributed by atoms with Crippen LogP contribution in [0.4, 0.5) is 0 Å². The molecule has 23 heavy (non-hydrogen) atoms. The molecular weight excluding hydrogens is 328 g/mol. The van der Waals surface area contributed by atoms with E-state index in [0.29, 0.717) is 11.5 Å². The number of nitrogens with zero attached hydrogens (tertiary/aromatic N) is 3. The molecule has 4 rings (SSSR count). The summed E-state index contributed by atoms with van der Waals surface area (Å²) >= 11 is 7.99. The summed E-state index contributed by atoms with van der Waals surface area (Å²) in [5.74, 6) is 1.13. The number of hydrogen-bond donors (Lipinski definition) is 1. The van der Waals surface area contributed by atoms with E-state index in [1.54, 1.807) is 11.3 Å². The highest BCUT2D eigenvalue weighted by Gasteiger charge is 2.56. The van der Waals surface area contributed by atoms with Gasteiger partial charge in [0.2, 0.25) is 0 Å². The van der Waals surface area contributed by atoms with Crippen molar-refractivity contribution in [2.75, 3.05) is 13.1 Å². The smallest absolute Gasteiger partial charge is 0.122 e. The Kier molecular flexibility index (Phi) is 4.22. The number of imidazole rings is 1. The van der Waals surface area contributed by atoms with Gasteiger partial charge in [0.15, 0.2) is 0 Å². The SMILES string of the molecule is Cn1ccnc1CN(Cc1ccsc1Cl)C1CC12CCNCC2. The minimum absolute atomic E-state index is 0.527. The van der Waals surface area contributed by atoms with Gasteiger partial charge in [-0.3, -0.25) is 4.90 Å². The Labute approximate surface area is 146 Å². The molecule has 2 aromatic heterocycles. The number of thiophene rings is 1. The minimum atomic E-state index is 0.527. The fraction of sp³-hybridized carbons (Fsp3) is 0.588. The quantitative estimate of drug-likeness (QED) is 0.898. The summed E-state index contributed by atoms with van der Waals surface area (Å²) in [5, 5.41) is 5.58. The summed E-state index contributed by atoms with van der Waals surface area (Å²) < 4.78 is 3.05. The topological polar surface area (TPSA) is 33.1 Å². The van der Waals surface area contributed by atoms with Crippen LogP contribution in [0.25, 0.3) is 0 Å². The first-order chi connectivity index (χ1) is 11.2. The molecule has 2 aliphatic rings. The fourth-order valence-corrected chi connectivity index (χ4v) is 4.87. The van der Waals surface area contributed by atoms with E-state index in [9.17, 15) is 0 Å². The van der Waals surface area contributed by atoms with E-state index in [2.05, 4.69) is 38.3 Å². The van der Waals surface area contributed by atoms with Gasteiger partial charge in [0.05, 0.1) is 10.9 Å². The molecule has 1 aliphatic carbocycles. The van der Waals surface area contributed by atoms with Crippen molar-refractivity contribution in [3.8, 4) is 0 Å². The molecule has 0 bridgehead atoms. The van der Waals surface area contributed by atoms with Gasteiger partial charge in [-0.05, 0) is 54.8 Å². The summed E-state index contributed by atoms with van der Waals surface area (Å²) in [6.45, 7) is 4.14. The van der Waals surface area contributed by atoms with Crippen LogP contribution in [-0.2, 0) is 20.1 Å². The first kappa shape index (κ1) is 15.6. The zero-order valence-electron chi connectivity index (χ0n) is 13.5. The van der Waals surface area contributed by atoms with Gasteiger partial charge < -0.3 is 9.88 Å². The molecular formula is C17H23ClN4S. The van der Waals surface area contributed by atoms with Gasteiger partial charge in [-0.1, -0.05) is 11.6 Å². The third kappa shape index (κ3) is 3.07. The van der Waals surface area contributed by atoms with E-state index in [1.807, 2.05) is 12.4 Å².